The van der Waals surface area contributed by atoms with E-state index in [9.17, 15) is 9.59 Å². The number of hydrogen-bond donors (Lipinski definition) is 2. The van der Waals surface area contributed by atoms with Crippen LogP contribution in [0.3, 0.4) is 0 Å². The maximum absolute atomic E-state index is 12.8. The summed E-state index contributed by atoms with van der Waals surface area (Å²) in [7, 11) is 1.48. The van der Waals surface area contributed by atoms with Crippen LogP contribution in [0.1, 0.15) is 16.1 Å². The molecular weight excluding hydrogens is 382 g/mol. The first-order chi connectivity index (χ1) is 13.5. The first kappa shape index (κ1) is 17.9. The largest absolute Gasteiger partial charge is 0.482 e. The van der Waals surface area contributed by atoms with Crippen molar-refractivity contribution in [2.75, 3.05) is 24.4 Å². The number of ether oxygens (including phenoxy) is 2. The Morgan fingerprint density at radius 3 is 2.96 bits per heavy atom. The maximum Gasteiger partial charge on any atom is 0.295 e. The van der Waals surface area contributed by atoms with E-state index in [-0.39, 0.29) is 18.4 Å². The Kier molecular flexibility index (Phi) is 4.62. The van der Waals surface area contributed by atoms with Crippen LogP contribution < -0.4 is 20.1 Å². The Morgan fingerprint density at radius 2 is 2.18 bits per heavy atom. The molecule has 2 amide bonds. The van der Waals surface area contributed by atoms with Crippen molar-refractivity contribution in [1.82, 2.24) is 15.2 Å². The number of carbonyl (C=O) groups is 2. The quantitative estimate of drug-likeness (QED) is 0.695. The maximum atomic E-state index is 12.8. The molecule has 2 N–H and O–H groups in total. The SMILES string of the molecule is COc1nnc(NC(=O)c2cnc(C)cc2-c2ccc3c(c2)NC(=O)CO3)s1. The molecule has 28 heavy (non-hydrogen) atoms. The zero-order valence-electron chi connectivity index (χ0n) is 15.0. The van der Waals surface area contributed by atoms with E-state index < -0.39 is 0 Å². The molecule has 0 saturated carbocycles. The molecule has 0 spiro atoms. The highest BCUT2D eigenvalue weighted by Gasteiger charge is 2.20. The number of methoxy groups -OCH3 is 1. The standard InChI is InChI=1S/C18H15N5O4S/c1-9-5-11(10-3-4-14-13(6-10)20-15(24)8-27-14)12(7-19-9)16(25)21-17-22-23-18(26-2)28-17/h3-7H,8H2,1-2H3,(H,20,24)(H,21,22,25). The third-order valence-electron chi connectivity index (χ3n) is 4.01. The molecule has 0 radical (unpaired) electrons. The number of nitrogens with one attached hydrogen (secondary N) is 2. The van der Waals surface area contributed by atoms with E-state index in [1.54, 1.807) is 12.1 Å². The molecule has 0 bridgehead atoms. The molecule has 1 aliphatic rings. The minimum atomic E-state index is -0.376. The number of fused-ring (bicyclic) bond motifs is 1. The molecule has 10 heteroatoms. The number of rotatable bonds is 4. The molecule has 0 fully saturated rings. The lowest BCUT2D eigenvalue weighted by Crippen LogP contribution is -2.25. The van der Waals surface area contributed by atoms with Crippen LogP contribution in [0.15, 0.2) is 30.5 Å². The molecule has 0 saturated heterocycles. The number of hydrogen-bond acceptors (Lipinski definition) is 8. The van der Waals surface area contributed by atoms with Crippen molar-refractivity contribution in [3.63, 3.8) is 0 Å². The third kappa shape index (κ3) is 3.49. The first-order valence-electron chi connectivity index (χ1n) is 8.26. The van der Waals surface area contributed by atoms with Gasteiger partial charge in [0.15, 0.2) is 6.61 Å². The van der Waals surface area contributed by atoms with Crippen molar-refractivity contribution in [3.8, 4) is 22.1 Å². The van der Waals surface area contributed by atoms with E-state index in [1.807, 2.05) is 19.1 Å². The van der Waals surface area contributed by atoms with Gasteiger partial charge < -0.3 is 14.8 Å². The fourth-order valence-electron chi connectivity index (χ4n) is 2.74. The van der Waals surface area contributed by atoms with Crippen molar-refractivity contribution >= 4 is 34.0 Å². The summed E-state index contributed by atoms with van der Waals surface area (Å²) in [5, 5.41) is 13.8. The molecule has 0 aliphatic carbocycles. The summed E-state index contributed by atoms with van der Waals surface area (Å²) in [6, 6.07) is 7.17. The highest BCUT2D eigenvalue weighted by molar-refractivity contribution is 7.17. The van der Waals surface area contributed by atoms with Crippen molar-refractivity contribution < 1.29 is 19.1 Å². The average molecular weight is 397 g/mol. The van der Waals surface area contributed by atoms with E-state index in [4.69, 9.17) is 9.47 Å². The zero-order valence-corrected chi connectivity index (χ0v) is 15.8. The van der Waals surface area contributed by atoms with Gasteiger partial charge in [-0.25, -0.2) is 0 Å². The second-order valence-corrected chi connectivity index (χ2v) is 6.89. The van der Waals surface area contributed by atoms with Gasteiger partial charge in [-0.3, -0.25) is 19.9 Å². The van der Waals surface area contributed by atoms with Crippen LogP contribution in [0.2, 0.25) is 0 Å². The number of nitrogens with zero attached hydrogens (tertiary/aromatic N) is 3. The molecule has 2 aromatic heterocycles. The lowest BCUT2D eigenvalue weighted by atomic mass is 9.99. The van der Waals surface area contributed by atoms with Crippen LogP contribution in [0.5, 0.6) is 10.9 Å². The monoisotopic (exact) mass is 397 g/mol. The molecule has 0 unspecified atom stereocenters. The minimum Gasteiger partial charge on any atom is -0.482 e. The highest BCUT2D eigenvalue weighted by atomic mass is 32.1. The predicted molar refractivity (Wildman–Crippen MR) is 103 cm³/mol. The van der Waals surface area contributed by atoms with Crippen LogP contribution in [0, 0.1) is 6.92 Å². The van der Waals surface area contributed by atoms with Gasteiger partial charge in [0.1, 0.15) is 5.75 Å². The summed E-state index contributed by atoms with van der Waals surface area (Å²) in [6.45, 7) is 1.82. The molecule has 1 aromatic carbocycles. The van der Waals surface area contributed by atoms with Gasteiger partial charge in [-0.05, 0) is 47.6 Å². The molecular formula is C18H15N5O4S. The molecule has 142 valence electrons. The number of aryl methyl sites for hydroxylation is 1. The van der Waals surface area contributed by atoms with Crippen LogP contribution in [-0.4, -0.2) is 40.7 Å². The van der Waals surface area contributed by atoms with Crippen molar-refractivity contribution in [1.29, 1.82) is 0 Å². The Labute approximate surface area is 163 Å². The summed E-state index contributed by atoms with van der Waals surface area (Å²) in [5.74, 6) is -0.0147. The topological polar surface area (TPSA) is 115 Å². The summed E-state index contributed by atoms with van der Waals surface area (Å²) in [5.41, 5.74) is 3.09. The van der Waals surface area contributed by atoms with E-state index in [2.05, 4.69) is 25.8 Å². The molecule has 3 heterocycles. The van der Waals surface area contributed by atoms with Gasteiger partial charge in [-0.1, -0.05) is 11.2 Å². The van der Waals surface area contributed by atoms with Gasteiger partial charge >= 0.3 is 0 Å². The van der Waals surface area contributed by atoms with Crippen molar-refractivity contribution in [2.45, 2.75) is 6.92 Å². The summed E-state index contributed by atoms with van der Waals surface area (Å²) < 4.78 is 10.4. The summed E-state index contributed by atoms with van der Waals surface area (Å²) in [4.78, 5) is 28.6. The number of aromatic nitrogens is 3. The number of anilines is 2. The van der Waals surface area contributed by atoms with Gasteiger partial charge in [-0.2, -0.15) is 0 Å². The van der Waals surface area contributed by atoms with E-state index >= 15 is 0 Å². The van der Waals surface area contributed by atoms with E-state index in [0.29, 0.717) is 32.9 Å². The van der Waals surface area contributed by atoms with E-state index in [0.717, 1.165) is 22.6 Å². The Bertz CT molecular complexity index is 1080. The number of pyridine rings is 1. The molecule has 9 nitrogen and oxygen atoms in total. The second kappa shape index (κ2) is 7.24. The van der Waals surface area contributed by atoms with Crippen LogP contribution in [-0.2, 0) is 4.79 Å². The minimum absolute atomic E-state index is 0.0142. The fraction of sp³-hybridized carbons (Fsp3) is 0.167. The predicted octanol–water partition coefficient (Wildman–Crippen LogP) is 2.50. The smallest absolute Gasteiger partial charge is 0.295 e. The third-order valence-corrected chi connectivity index (χ3v) is 4.81. The average Bonchev–Trinajstić information content (AvgIpc) is 3.14. The molecule has 1 aliphatic heterocycles. The lowest BCUT2D eigenvalue weighted by molar-refractivity contribution is -0.118. The molecule has 4 rings (SSSR count). The Balaban J connectivity index is 1.70. The molecule has 3 aromatic rings. The van der Waals surface area contributed by atoms with Crippen LogP contribution in [0.25, 0.3) is 11.1 Å². The lowest BCUT2D eigenvalue weighted by Gasteiger charge is -2.19. The van der Waals surface area contributed by atoms with Gasteiger partial charge in [0, 0.05) is 11.9 Å². The zero-order chi connectivity index (χ0) is 19.7. The van der Waals surface area contributed by atoms with Gasteiger partial charge in [0.25, 0.3) is 17.0 Å². The highest BCUT2D eigenvalue weighted by Crippen LogP contribution is 2.34. The second-order valence-electron chi connectivity index (χ2n) is 5.95. The normalized spacial score (nSPS) is 12.6. The van der Waals surface area contributed by atoms with E-state index in [1.165, 1.54) is 13.3 Å². The number of carbonyl (C=O) groups excluding carboxylic acids is 2. The number of amides is 2. The van der Waals surface area contributed by atoms with Gasteiger partial charge in [-0.15, -0.1) is 5.10 Å². The number of benzene rings is 1. The first-order valence-corrected chi connectivity index (χ1v) is 9.07. The van der Waals surface area contributed by atoms with Gasteiger partial charge in [0.2, 0.25) is 5.13 Å². The van der Waals surface area contributed by atoms with Crippen molar-refractivity contribution in [2.24, 2.45) is 0 Å². The van der Waals surface area contributed by atoms with Crippen LogP contribution >= 0.6 is 11.3 Å². The van der Waals surface area contributed by atoms with Crippen molar-refractivity contribution in [3.05, 3.63) is 41.7 Å². The Morgan fingerprint density at radius 1 is 1.32 bits per heavy atom. The van der Waals surface area contributed by atoms with Crippen LogP contribution in [0.4, 0.5) is 10.8 Å². The summed E-state index contributed by atoms with van der Waals surface area (Å²) >= 11 is 1.12. The Hall–Kier alpha value is -3.53. The molecule has 0 atom stereocenters. The summed E-state index contributed by atoms with van der Waals surface area (Å²) in [6.07, 6.45) is 1.51. The fourth-order valence-corrected chi connectivity index (χ4v) is 3.29. The van der Waals surface area contributed by atoms with Gasteiger partial charge in [0.05, 0.1) is 18.4 Å².